The van der Waals surface area contributed by atoms with Crippen molar-refractivity contribution in [3.05, 3.63) is 29.8 Å². The van der Waals surface area contributed by atoms with Gasteiger partial charge in [-0.25, -0.2) is 4.39 Å². The lowest BCUT2D eigenvalue weighted by atomic mass is 10.1. The van der Waals surface area contributed by atoms with Gasteiger partial charge in [-0.1, -0.05) is 6.07 Å². The molecule has 0 saturated carbocycles. The molecule has 4 heteroatoms. The summed E-state index contributed by atoms with van der Waals surface area (Å²) in [5, 5.41) is 3.40. The maximum atomic E-state index is 13.3. The zero-order valence-electron chi connectivity index (χ0n) is 11.9. The monoisotopic (exact) mass is 271 g/mol. The van der Waals surface area contributed by atoms with Crippen LogP contribution in [-0.4, -0.2) is 18.7 Å². The number of hydrogen-bond donors (Lipinski definition) is 1. The lowest BCUT2D eigenvalue weighted by Crippen LogP contribution is -2.36. The van der Waals surface area contributed by atoms with E-state index < -0.39 is 11.6 Å². The molecule has 0 spiro atoms. The molecule has 108 valence electrons. The summed E-state index contributed by atoms with van der Waals surface area (Å²) in [5.41, 5.74) is 0.140. The highest BCUT2D eigenvalue weighted by atomic mass is 19.2. The minimum atomic E-state index is -0.906. The average Bonchev–Trinajstić information content (AvgIpc) is 2.31. The SMILES string of the molecule is CC(C)(C)NCCCCCOc1cccc(F)c1F. The van der Waals surface area contributed by atoms with Crippen LogP contribution in [0.2, 0.25) is 0 Å². The third-order valence-electron chi connectivity index (χ3n) is 2.65. The molecule has 1 aromatic carbocycles. The molecule has 19 heavy (non-hydrogen) atoms. The summed E-state index contributed by atoms with van der Waals surface area (Å²) in [7, 11) is 0. The van der Waals surface area contributed by atoms with Crippen LogP contribution in [-0.2, 0) is 0 Å². The first-order chi connectivity index (χ1) is 8.90. The van der Waals surface area contributed by atoms with E-state index in [4.69, 9.17) is 4.74 Å². The molecule has 1 aromatic rings. The lowest BCUT2D eigenvalue weighted by Gasteiger charge is -2.20. The van der Waals surface area contributed by atoms with Gasteiger partial charge in [0.25, 0.3) is 0 Å². The summed E-state index contributed by atoms with van der Waals surface area (Å²) in [6.45, 7) is 7.75. The predicted molar refractivity (Wildman–Crippen MR) is 73.5 cm³/mol. The van der Waals surface area contributed by atoms with Crippen molar-refractivity contribution in [1.82, 2.24) is 5.32 Å². The summed E-state index contributed by atoms with van der Waals surface area (Å²) in [4.78, 5) is 0. The normalized spacial score (nSPS) is 11.6. The van der Waals surface area contributed by atoms with Crippen LogP contribution in [0.4, 0.5) is 8.78 Å². The smallest absolute Gasteiger partial charge is 0.200 e. The van der Waals surface area contributed by atoms with E-state index >= 15 is 0 Å². The van der Waals surface area contributed by atoms with E-state index in [0.717, 1.165) is 31.9 Å². The van der Waals surface area contributed by atoms with Crippen LogP contribution in [0.25, 0.3) is 0 Å². The molecule has 0 radical (unpaired) electrons. The van der Waals surface area contributed by atoms with Crippen molar-refractivity contribution in [3.8, 4) is 5.75 Å². The van der Waals surface area contributed by atoms with E-state index in [-0.39, 0.29) is 11.3 Å². The van der Waals surface area contributed by atoms with Gasteiger partial charge in [-0.2, -0.15) is 4.39 Å². The Labute approximate surface area is 114 Å². The number of halogens is 2. The second-order valence-electron chi connectivity index (χ2n) is 5.64. The zero-order chi connectivity index (χ0) is 14.3. The molecule has 0 bridgehead atoms. The molecule has 0 amide bonds. The first-order valence-electron chi connectivity index (χ1n) is 6.72. The van der Waals surface area contributed by atoms with Crippen LogP contribution >= 0.6 is 0 Å². The number of unbranched alkanes of at least 4 members (excludes halogenated alkanes) is 2. The Morgan fingerprint density at radius 1 is 1.11 bits per heavy atom. The number of rotatable bonds is 7. The molecule has 0 heterocycles. The zero-order valence-corrected chi connectivity index (χ0v) is 11.9. The van der Waals surface area contributed by atoms with Crippen LogP contribution in [0.15, 0.2) is 18.2 Å². The second kappa shape index (κ2) is 7.43. The van der Waals surface area contributed by atoms with E-state index in [1.54, 1.807) is 0 Å². The first kappa shape index (κ1) is 15.9. The van der Waals surface area contributed by atoms with Crippen molar-refractivity contribution in [1.29, 1.82) is 0 Å². The number of hydrogen-bond acceptors (Lipinski definition) is 2. The Morgan fingerprint density at radius 2 is 1.84 bits per heavy atom. The van der Waals surface area contributed by atoms with Crippen LogP contribution in [0.1, 0.15) is 40.0 Å². The first-order valence-corrected chi connectivity index (χ1v) is 6.72. The van der Waals surface area contributed by atoms with Gasteiger partial charge in [0.05, 0.1) is 6.61 Å². The predicted octanol–water partition coefficient (Wildman–Crippen LogP) is 3.90. The summed E-state index contributed by atoms with van der Waals surface area (Å²) in [6.07, 6.45) is 2.88. The Balaban J connectivity index is 2.13. The van der Waals surface area contributed by atoms with Gasteiger partial charge >= 0.3 is 0 Å². The van der Waals surface area contributed by atoms with Gasteiger partial charge < -0.3 is 10.1 Å². The van der Waals surface area contributed by atoms with E-state index in [9.17, 15) is 8.78 Å². The fraction of sp³-hybridized carbons (Fsp3) is 0.600. The van der Waals surface area contributed by atoms with Crippen molar-refractivity contribution in [2.24, 2.45) is 0 Å². The third kappa shape index (κ3) is 6.53. The standard InChI is InChI=1S/C15H23F2NO/c1-15(2,3)18-10-5-4-6-11-19-13-9-7-8-12(16)14(13)17/h7-9,18H,4-6,10-11H2,1-3H3. The van der Waals surface area contributed by atoms with Crippen LogP contribution < -0.4 is 10.1 Å². The molecule has 0 saturated heterocycles. The van der Waals surface area contributed by atoms with Crippen molar-refractivity contribution in [2.45, 2.75) is 45.6 Å². The molecular formula is C15H23F2NO. The van der Waals surface area contributed by atoms with Crippen molar-refractivity contribution in [2.75, 3.05) is 13.2 Å². The highest BCUT2D eigenvalue weighted by molar-refractivity contribution is 5.24. The summed E-state index contributed by atoms with van der Waals surface area (Å²) in [5.74, 6) is -1.78. The third-order valence-corrected chi connectivity index (χ3v) is 2.65. The van der Waals surface area contributed by atoms with Gasteiger partial charge in [0.15, 0.2) is 11.6 Å². The van der Waals surface area contributed by atoms with Crippen molar-refractivity contribution >= 4 is 0 Å². The van der Waals surface area contributed by atoms with Gasteiger partial charge in [0.1, 0.15) is 0 Å². The van der Waals surface area contributed by atoms with E-state index in [1.165, 1.54) is 12.1 Å². The molecule has 0 aliphatic heterocycles. The number of nitrogens with one attached hydrogen (secondary N) is 1. The van der Waals surface area contributed by atoms with E-state index in [2.05, 4.69) is 26.1 Å². The van der Waals surface area contributed by atoms with Crippen molar-refractivity contribution in [3.63, 3.8) is 0 Å². The summed E-state index contributed by atoms with van der Waals surface area (Å²) in [6, 6.07) is 3.97. The van der Waals surface area contributed by atoms with Gasteiger partial charge in [0, 0.05) is 5.54 Å². The minimum absolute atomic E-state index is 0.00665. The topological polar surface area (TPSA) is 21.3 Å². The Bertz CT molecular complexity index is 388. The molecular weight excluding hydrogens is 248 g/mol. The van der Waals surface area contributed by atoms with Gasteiger partial charge in [0.2, 0.25) is 5.82 Å². The highest BCUT2D eigenvalue weighted by Crippen LogP contribution is 2.19. The van der Waals surface area contributed by atoms with Crippen LogP contribution in [0, 0.1) is 11.6 Å². The molecule has 0 fully saturated rings. The number of ether oxygens (including phenoxy) is 1. The van der Waals surface area contributed by atoms with Gasteiger partial charge in [-0.05, 0) is 58.7 Å². The fourth-order valence-electron chi connectivity index (χ4n) is 1.64. The van der Waals surface area contributed by atoms with Gasteiger partial charge in [-0.3, -0.25) is 0 Å². The largest absolute Gasteiger partial charge is 0.490 e. The molecule has 2 nitrogen and oxygen atoms in total. The summed E-state index contributed by atoms with van der Waals surface area (Å²) < 4.78 is 31.4. The summed E-state index contributed by atoms with van der Waals surface area (Å²) >= 11 is 0. The van der Waals surface area contributed by atoms with Crippen LogP contribution in [0.3, 0.4) is 0 Å². The molecule has 0 aromatic heterocycles. The Hall–Kier alpha value is -1.16. The Morgan fingerprint density at radius 3 is 2.53 bits per heavy atom. The van der Waals surface area contributed by atoms with E-state index in [0.29, 0.717) is 6.61 Å². The van der Waals surface area contributed by atoms with E-state index in [1.807, 2.05) is 0 Å². The molecule has 1 N–H and O–H groups in total. The average molecular weight is 271 g/mol. The molecule has 0 aliphatic carbocycles. The second-order valence-corrected chi connectivity index (χ2v) is 5.64. The maximum absolute atomic E-state index is 13.3. The number of benzene rings is 1. The molecule has 0 atom stereocenters. The van der Waals surface area contributed by atoms with Crippen LogP contribution in [0.5, 0.6) is 5.75 Å². The lowest BCUT2D eigenvalue weighted by molar-refractivity contribution is 0.284. The highest BCUT2D eigenvalue weighted by Gasteiger charge is 2.08. The maximum Gasteiger partial charge on any atom is 0.200 e. The minimum Gasteiger partial charge on any atom is -0.490 e. The van der Waals surface area contributed by atoms with Gasteiger partial charge in [-0.15, -0.1) is 0 Å². The Kier molecular flexibility index (Phi) is 6.22. The molecule has 0 unspecified atom stereocenters. The molecule has 0 aliphatic rings. The quantitative estimate of drug-likeness (QED) is 0.759. The molecule has 1 rings (SSSR count). The fourth-order valence-corrected chi connectivity index (χ4v) is 1.64. The van der Waals surface area contributed by atoms with Crippen molar-refractivity contribution < 1.29 is 13.5 Å².